The molecule has 16 nitrogen and oxygen atoms in total. The Morgan fingerprint density at radius 1 is 0.566 bits per heavy atom. The van der Waals surface area contributed by atoms with Crippen molar-refractivity contribution in [2.75, 3.05) is 13.7 Å². The molecule has 9 unspecified atom stereocenters. The average molecular weight is 1170 g/mol. The van der Waals surface area contributed by atoms with Crippen LogP contribution < -0.4 is 0 Å². The highest BCUT2D eigenvalue weighted by Gasteiger charge is 2.62. The molecule has 12 rings (SSSR count). The molecular weight excluding hydrogens is 1060 g/mol. The monoisotopic (exact) mass is 1170 g/mol. The first-order valence-electron chi connectivity index (χ1n) is 32.7. The number of rotatable bonds is 17. The van der Waals surface area contributed by atoms with Crippen molar-refractivity contribution in [3.05, 3.63) is 0 Å². The molecule has 0 radical (unpaired) electrons. The fourth-order valence-electron chi connectivity index (χ4n) is 15.0. The minimum atomic E-state index is -0.774. The van der Waals surface area contributed by atoms with E-state index in [1.54, 1.807) is 21.0 Å². The molecule has 83 heavy (non-hydrogen) atoms. The minimum Gasteiger partial charge on any atom is -0.458 e. The number of hydrogen-bond acceptors (Lipinski definition) is 16. The number of hydrogen-bond donors (Lipinski definition) is 0. The molecular formula is C67H110O16. The Morgan fingerprint density at radius 3 is 1.58 bits per heavy atom. The second-order valence-corrected chi connectivity index (χ2v) is 29.7. The SMILES string of the molecule is CCC(C)(C)C(=O)OC1(C(C)C)CCCC1.CCC(C)(C)C(=O)OC1(CC)C2CC3CC(C2)CC1C3.CCC(C)(C)C(=O)OC1OC(OC)C2OC3(CCCCC3)OC12.CCC(C)(C)C(=O)OCC(=O)OC1C2CC3CC(C2)C(=O)OC1C3. The van der Waals surface area contributed by atoms with Crippen LogP contribution in [0.4, 0.5) is 0 Å². The Morgan fingerprint density at radius 2 is 1.06 bits per heavy atom. The number of carbonyl (C=O) groups is 6. The maximum Gasteiger partial charge on any atom is 0.344 e. The number of fused-ring (bicyclic) bond motifs is 2. The molecule has 8 saturated carbocycles. The second-order valence-electron chi connectivity index (χ2n) is 29.7. The predicted octanol–water partition coefficient (Wildman–Crippen LogP) is 13.5. The van der Waals surface area contributed by atoms with E-state index in [9.17, 15) is 28.8 Å². The summed E-state index contributed by atoms with van der Waals surface area (Å²) < 4.78 is 57.4. The molecule has 8 aliphatic carbocycles. The first-order chi connectivity index (χ1) is 39.0. The Labute approximate surface area is 498 Å². The van der Waals surface area contributed by atoms with Crippen molar-refractivity contribution in [1.29, 1.82) is 0 Å². The molecule has 1 spiro atoms. The second kappa shape index (κ2) is 27.0. The van der Waals surface area contributed by atoms with Crippen molar-refractivity contribution >= 4 is 35.8 Å². The molecule has 0 aromatic heterocycles. The smallest absolute Gasteiger partial charge is 0.344 e. The van der Waals surface area contributed by atoms with E-state index in [1.807, 2.05) is 62.3 Å². The van der Waals surface area contributed by atoms with Crippen molar-refractivity contribution in [1.82, 2.24) is 0 Å². The molecule has 8 bridgehead atoms. The summed E-state index contributed by atoms with van der Waals surface area (Å²) >= 11 is 0. The summed E-state index contributed by atoms with van der Waals surface area (Å²) in [5.74, 6) is 2.21. The summed E-state index contributed by atoms with van der Waals surface area (Å²) in [5, 5.41) is 0. The fraction of sp³-hybridized carbons (Fsp3) is 0.910. The van der Waals surface area contributed by atoms with Crippen LogP contribution in [-0.4, -0.2) is 104 Å². The highest BCUT2D eigenvalue weighted by Crippen LogP contribution is 2.61. The molecule has 4 heterocycles. The summed E-state index contributed by atoms with van der Waals surface area (Å²) in [6.07, 6.45) is 20.8. The van der Waals surface area contributed by atoms with Crippen LogP contribution >= 0.6 is 0 Å². The van der Waals surface area contributed by atoms with Gasteiger partial charge in [-0.15, -0.1) is 0 Å². The molecule has 0 aromatic rings. The van der Waals surface area contributed by atoms with Gasteiger partial charge in [0.25, 0.3) is 0 Å². The van der Waals surface area contributed by atoms with Crippen LogP contribution in [0.5, 0.6) is 0 Å². The first kappa shape index (κ1) is 67.2. The van der Waals surface area contributed by atoms with Crippen LogP contribution in [-0.2, 0) is 76.1 Å². The van der Waals surface area contributed by atoms with Gasteiger partial charge in [0.1, 0.15) is 29.5 Å². The zero-order chi connectivity index (χ0) is 61.1. The summed E-state index contributed by atoms with van der Waals surface area (Å²) in [7, 11) is 1.57. The molecule has 9 atom stereocenters. The van der Waals surface area contributed by atoms with E-state index in [4.69, 9.17) is 47.4 Å². The van der Waals surface area contributed by atoms with Gasteiger partial charge < -0.3 is 47.4 Å². The molecule has 16 heteroatoms. The van der Waals surface area contributed by atoms with Crippen molar-refractivity contribution in [3.63, 3.8) is 0 Å². The standard InChI is InChI=1S/C18H26O6.C18H30O2.C17H28O6.C14H26O2/c1-4-18(2,3)17(21)22-9-14(19)24-15-11-5-10-6-12(8-11)16(20)23-13(15)7-10;1-5-17(3,4)16(19)20-18(6-2)14-8-12-7-13(10-14)11-15(18)9-12;1-5-16(2,3)15(18)21-14-12-11(13(19-4)20-14)22-17(23-12)9-7-6-8-10-17;1-6-13(4,5)12(15)16-14(11(2)3)9-7-8-10-14/h10-13,15H,4-9H2,1-3H3;12-15H,5-11H2,1-4H3;11-14H,5-10H2,1-4H3;11H,6-10H2,1-5H3. The van der Waals surface area contributed by atoms with Crippen molar-refractivity contribution in [2.24, 2.45) is 69.0 Å². The highest BCUT2D eigenvalue weighted by atomic mass is 16.8. The van der Waals surface area contributed by atoms with Gasteiger partial charge in [0, 0.05) is 25.9 Å². The molecule has 0 aromatic carbocycles. The summed E-state index contributed by atoms with van der Waals surface area (Å²) in [6, 6.07) is 0. The minimum absolute atomic E-state index is 0.0226. The van der Waals surface area contributed by atoms with Crippen LogP contribution in [0.1, 0.15) is 252 Å². The fourth-order valence-corrected chi connectivity index (χ4v) is 15.0. The van der Waals surface area contributed by atoms with Gasteiger partial charge in [0.2, 0.25) is 6.29 Å². The van der Waals surface area contributed by atoms with Gasteiger partial charge in [-0.3, -0.25) is 24.0 Å². The quantitative estimate of drug-likeness (QED) is 0.0984. The number of carbonyl (C=O) groups excluding carboxylic acids is 6. The third-order valence-electron chi connectivity index (χ3n) is 22.2. The Kier molecular flexibility index (Phi) is 21.8. The van der Waals surface area contributed by atoms with Gasteiger partial charge in [0.15, 0.2) is 24.8 Å². The normalized spacial score (nSPS) is 34.2. The third kappa shape index (κ3) is 15.0. The zero-order valence-electron chi connectivity index (χ0n) is 54.1. The van der Waals surface area contributed by atoms with Crippen molar-refractivity contribution in [2.45, 2.75) is 306 Å². The van der Waals surface area contributed by atoms with Crippen LogP contribution in [0.3, 0.4) is 0 Å². The number of esters is 6. The Hall–Kier alpha value is -3.34. The first-order valence-corrected chi connectivity index (χ1v) is 32.7. The summed E-state index contributed by atoms with van der Waals surface area (Å²) in [4.78, 5) is 73.2. The largest absolute Gasteiger partial charge is 0.458 e. The van der Waals surface area contributed by atoms with E-state index in [0.717, 1.165) is 95.3 Å². The van der Waals surface area contributed by atoms with Gasteiger partial charge in [-0.1, -0.05) is 54.9 Å². The zero-order valence-corrected chi connectivity index (χ0v) is 54.1. The summed E-state index contributed by atoms with van der Waals surface area (Å²) in [5.41, 5.74) is -2.15. The molecule has 4 saturated heterocycles. The topological polar surface area (TPSA) is 195 Å². The molecule has 4 aliphatic heterocycles. The summed E-state index contributed by atoms with van der Waals surface area (Å²) in [6.45, 7) is 29.4. The van der Waals surface area contributed by atoms with Gasteiger partial charge in [-0.05, 0) is 219 Å². The van der Waals surface area contributed by atoms with Crippen molar-refractivity contribution in [3.8, 4) is 0 Å². The van der Waals surface area contributed by atoms with E-state index in [0.29, 0.717) is 36.5 Å². The van der Waals surface area contributed by atoms with E-state index >= 15 is 0 Å². The van der Waals surface area contributed by atoms with Crippen LogP contribution in [0.2, 0.25) is 0 Å². The van der Waals surface area contributed by atoms with Gasteiger partial charge in [-0.2, -0.15) is 0 Å². The lowest BCUT2D eigenvalue weighted by molar-refractivity contribution is -0.282. The number of methoxy groups -OCH3 is 1. The Balaban J connectivity index is 0.000000161. The van der Waals surface area contributed by atoms with E-state index in [1.165, 1.54) is 51.4 Å². The van der Waals surface area contributed by atoms with Crippen molar-refractivity contribution < 1.29 is 76.1 Å². The molecule has 12 aliphatic rings. The third-order valence-corrected chi connectivity index (χ3v) is 22.2. The lowest BCUT2D eigenvalue weighted by Gasteiger charge is -2.60. The highest BCUT2D eigenvalue weighted by molar-refractivity contribution is 5.80. The van der Waals surface area contributed by atoms with Crippen LogP contribution in [0, 0.1) is 69.0 Å². The number of ether oxygens (including phenoxy) is 10. The molecule has 0 N–H and O–H groups in total. The Bertz CT molecular complexity index is 2210. The molecule has 0 amide bonds. The van der Waals surface area contributed by atoms with E-state index < -0.39 is 53.3 Å². The molecule has 12 fully saturated rings. The van der Waals surface area contributed by atoms with E-state index in [-0.39, 0.29) is 76.6 Å². The van der Waals surface area contributed by atoms with Gasteiger partial charge >= 0.3 is 35.8 Å². The van der Waals surface area contributed by atoms with Crippen LogP contribution in [0.25, 0.3) is 0 Å². The lowest BCUT2D eigenvalue weighted by Crippen LogP contribution is -2.60. The maximum absolute atomic E-state index is 12.6. The molecule has 474 valence electrons. The maximum atomic E-state index is 12.6. The van der Waals surface area contributed by atoms with E-state index in [2.05, 4.69) is 27.7 Å². The average Bonchev–Trinajstić information content (AvgIpc) is 4.20. The van der Waals surface area contributed by atoms with Gasteiger partial charge in [-0.25, -0.2) is 4.79 Å². The predicted molar refractivity (Wildman–Crippen MR) is 312 cm³/mol. The lowest BCUT2D eigenvalue weighted by atomic mass is 9.49. The van der Waals surface area contributed by atoms with Crippen LogP contribution in [0.15, 0.2) is 0 Å². The van der Waals surface area contributed by atoms with Gasteiger partial charge in [0.05, 0.1) is 27.6 Å².